The van der Waals surface area contributed by atoms with Crippen molar-refractivity contribution in [2.24, 2.45) is 0 Å². The molecule has 2 N–H and O–H groups in total. The number of carbonyl (C=O) groups excluding carboxylic acids is 2. The summed E-state index contributed by atoms with van der Waals surface area (Å²) in [5.74, 6) is -0.396. The average molecular weight is 422 g/mol. The maximum Gasteiger partial charge on any atom is 0.252 e. The zero-order valence-corrected chi connectivity index (χ0v) is 17.9. The lowest BCUT2D eigenvalue weighted by Crippen LogP contribution is -2.40. The second kappa shape index (κ2) is 9.50. The number of aromatic nitrogens is 1. The number of nitrogens with one attached hydrogen (secondary N) is 2. The Bertz CT molecular complexity index is 971. The van der Waals surface area contributed by atoms with Crippen LogP contribution in [0.2, 0.25) is 0 Å². The van der Waals surface area contributed by atoms with Crippen LogP contribution >= 0.6 is 0 Å². The summed E-state index contributed by atoms with van der Waals surface area (Å²) < 4.78 is 1.32. The van der Waals surface area contributed by atoms with Gasteiger partial charge in [-0.25, -0.2) is 0 Å². The van der Waals surface area contributed by atoms with Gasteiger partial charge in [-0.05, 0) is 37.3 Å². The fourth-order valence-electron chi connectivity index (χ4n) is 5.05. The molecule has 2 fully saturated rings. The van der Waals surface area contributed by atoms with Gasteiger partial charge in [-0.1, -0.05) is 56.0 Å². The van der Waals surface area contributed by atoms with Crippen molar-refractivity contribution in [3.63, 3.8) is 0 Å². The molecule has 2 aliphatic rings. The summed E-state index contributed by atoms with van der Waals surface area (Å²) in [7, 11) is 0. The van der Waals surface area contributed by atoms with E-state index in [1.807, 2.05) is 18.2 Å². The number of rotatable bonds is 7. The fourth-order valence-corrected chi connectivity index (χ4v) is 5.05. The van der Waals surface area contributed by atoms with Gasteiger partial charge in [0.05, 0.1) is 5.56 Å². The van der Waals surface area contributed by atoms with Gasteiger partial charge in [0.1, 0.15) is 6.54 Å². The first-order valence-electron chi connectivity index (χ1n) is 11.4. The quantitative estimate of drug-likeness (QED) is 0.721. The smallest absolute Gasteiger partial charge is 0.252 e. The van der Waals surface area contributed by atoms with Crippen molar-refractivity contribution in [1.82, 2.24) is 15.2 Å². The van der Waals surface area contributed by atoms with Crippen LogP contribution in [0.5, 0.6) is 0 Å². The van der Waals surface area contributed by atoms with Crippen LogP contribution in [0.3, 0.4) is 0 Å². The molecule has 2 aromatic rings. The third-order valence-electron chi connectivity index (χ3n) is 6.81. The summed E-state index contributed by atoms with van der Waals surface area (Å²) >= 11 is 0. The van der Waals surface area contributed by atoms with Gasteiger partial charge in [0.25, 0.3) is 11.5 Å². The van der Waals surface area contributed by atoms with Gasteiger partial charge >= 0.3 is 0 Å². The summed E-state index contributed by atoms with van der Waals surface area (Å²) in [4.78, 5) is 37.4. The average Bonchev–Trinajstić information content (AvgIpc) is 3.47. The maximum absolute atomic E-state index is 12.9. The molecule has 0 atom stereocenters. The normalized spacial score (nSPS) is 18.1. The van der Waals surface area contributed by atoms with Crippen LogP contribution in [0.4, 0.5) is 0 Å². The Labute approximate surface area is 183 Å². The van der Waals surface area contributed by atoms with E-state index in [9.17, 15) is 14.4 Å². The monoisotopic (exact) mass is 421 g/mol. The minimum Gasteiger partial charge on any atom is -0.352 e. The minimum atomic E-state index is -0.283. The number of carbonyl (C=O) groups is 2. The molecule has 0 radical (unpaired) electrons. The van der Waals surface area contributed by atoms with Crippen molar-refractivity contribution in [3.8, 4) is 0 Å². The third-order valence-corrected chi connectivity index (χ3v) is 6.81. The number of nitrogens with zero attached hydrogens (tertiary/aromatic N) is 1. The van der Waals surface area contributed by atoms with E-state index in [4.69, 9.17) is 0 Å². The SMILES string of the molecule is O=C(Cn1cc(C(=O)NCC2(c3ccccc3)CCCC2)ccc1=O)NC1CCCC1. The Morgan fingerprint density at radius 2 is 1.68 bits per heavy atom. The third kappa shape index (κ3) is 5.06. The highest BCUT2D eigenvalue weighted by atomic mass is 16.2. The highest BCUT2D eigenvalue weighted by molar-refractivity contribution is 5.94. The summed E-state index contributed by atoms with van der Waals surface area (Å²) in [6, 6.07) is 13.5. The van der Waals surface area contributed by atoms with Crippen molar-refractivity contribution in [3.05, 3.63) is 70.1 Å². The van der Waals surface area contributed by atoms with Gasteiger partial charge in [0.2, 0.25) is 5.91 Å². The summed E-state index contributed by atoms with van der Waals surface area (Å²) in [6.07, 6.45) is 10.2. The molecule has 164 valence electrons. The summed E-state index contributed by atoms with van der Waals surface area (Å²) in [5.41, 5.74) is 1.34. The van der Waals surface area contributed by atoms with Crippen LogP contribution in [0, 0.1) is 0 Å². The van der Waals surface area contributed by atoms with E-state index >= 15 is 0 Å². The van der Waals surface area contributed by atoms with Crippen LogP contribution in [0.15, 0.2) is 53.5 Å². The van der Waals surface area contributed by atoms with E-state index < -0.39 is 0 Å². The van der Waals surface area contributed by atoms with E-state index in [0.29, 0.717) is 12.1 Å². The maximum atomic E-state index is 12.9. The van der Waals surface area contributed by atoms with Crippen molar-refractivity contribution in [1.29, 1.82) is 0 Å². The molecule has 0 bridgehead atoms. The van der Waals surface area contributed by atoms with Gasteiger partial charge in [-0.2, -0.15) is 0 Å². The van der Waals surface area contributed by atoms with Crippen molar-refractivity contribution < 1.29 is 9.59 Å². The lowest BCUT2D eigenvalue weighted by Gasteiger charge is -2.30. The zero-order valence-electron chi connectivity index (χ0n) is 17.9. The van der Waals surface area contributed by atoms with Gasteiger partial charge in [0, 0.05) is 30.3 Å². The summed E-state index contributed by atoms with van der Waals surface area (Å²) in [5, 5.41) is 6.07. The molecule has 2 amide bonds. The second-order valence-corrected chi connectivity index (χ2v) is 8.97. The first-order valence-corrected chi connectivity index (χ1v) is 11.4. The van der Waals surface area contributed by atoms with Gasteiger partial charge < -0.3 is 15.2 Å². The molecule has 0 aliphatic heterocycles. The molecule has 1 heterocycles. The lowest BCUT2D eigenvalue weighted by atomic mass is 9.79. The highest BCUT2D eigenvalue weighted by Crippen LogP contribution is 2.40. The minimum absolute atomic E-state index is 0.0352. The molecule has 0 unspecified atom stereocenters. The van der Waals surface area contributed by atoms with Crippen LogP contribution < -0.4 is 16.2 Å². The molecule has 31 heavy (non-hydrogen) atoms. The second-order valence-electron chi connectivity index (χ2n) is 8.97. The lowest BCUT2D eigenvalue weighted by molar-refractivity contribution is -0.122. The molecule has 0 spiro atoms. The summed E-state index contributed by atoms with van der Waals surface area (Å²) in [6.45, 7) is 0.502. The molecule has 2 saturated carbocycles. The Hall–Kier alpha value is -2.89. The molecule has 6 heteroatoms. The van der Waals surface area contributed by atoms with Crippen LogP contribution in [0.25, 0.3) is 0 Å². The van der Waals surface area contributed by atoms with Crippen molar-refractivity contribution >= 4 is 11.8 Å². The molecular weight excluding hydrogens is 390 g/mol. The predicted octanol–water partition coefficient (Wildman–Crippen LogP) is 3.15. The number of hydrogen-bond acceptors (Lipinski definition) is 3. The standard InChI is InChI=1S/C25H31N3O3/c29-22(27-21-10-4-5-11-21)17-28-16-19(12-13-23(28)30)24(31)26-18-25(14-6-7-15-25)20-8-2-1-3-9-20/h1-3,8-9,12-13,16,21H,4-7,10-11,14-15,17-18H2,(H,26,31)(H,27,29). The van der Waals surface area contributed by atoms with Crippen LogP contribution in [0.1, 0.15) is 67.3 Å². The van der Waals surface area contributed by atoms with E-state index in [-0.39, 0.29) is 35.4 Å². The van der Waals surface area contributed by atoms with Crippen molar-refractivity contribution in [2.75, 3.05) is 6.54 Å². The first-order chi connectivity index (χ1) is 15.1. The zero-order chi connectivity index (χ0) is 21.7. The molecule has 6 nitrogen and oxygen atoms in total. The topological polar surface area (TPSA) is 80.2 Å². The van der Waals surface area contributed by atoms with Gasteiger partial charge in [0.15, 0.2) is 0 Å². The Kier molecular flexibility index (Phi) is 6.54. The Morgan fingerprint density at radius 3 is 2.39 bits per heavy atom. The number of pyridine rings is 1. The predicted molar refractivity (Wildman–Crippen MR) is 120 cm³/mol. The molecule has 1 aromatic heterocycles. The van der Waals surface area contributed by atoms with Crippen molar-refractivity contribution in [2.45, 2.75) is 69.4 Å². The number of benzene rings is 1. The van der Waals surface area contributed by atoms with E-state index in [2.05, 4.69) is 22.8 Å². The van der Waals surface area contributed by atoms with E-state index in [1.54, 1.807) is 0 Å². The molecule has 1 aromatic carbocycles. The largest absolute Gasteiger partial charge is 0.352 e. The molecule has 4 rings (SSSR count). The van der Waals surface area contributed by atoms with Crippen LogP contribution in [-0.2, 0) is 16.8 Å². The van der Waals surface area contributed by atoms with E-state index in [1.165, 1.54) is 28.5 Å². The molecule has 0 saturated heterocycles. The van der Waals surface area contributed by atoms with Crippen LogP contribution in [-0.4, -0.2) is 29.0 Å². The number of hydrogen-bond donors (Lipinski definition) is 2. The Balaban J connectivity index is 1.42. The molecular formula is C25H31N3O3. The van der Waals surface area contributed by atoms with Gasteiger partial charge in [-0.3, -0.25) is 14.4 Å². The number of amides is 2. The molecule has 2 aliphatic carbocycles. The Morgan fingerprint density at radius 1 is 0.968 bits per heavy atom. The van der Waals surface area contributed by atoms with E-state index in [0.717, 1.165) is 51.4 Å². The first kappa shape index (κ1) is 21.3. The highest BCUT2D eigenvalue weighted by Gasteiger charge is 2.35. The van der Waals surface area contributed by atoms with Gasteiger partial charge in [-0.15, -0.1) is 0 Å². The fraction of sp³-hybridized carbons (Fsp3) is 0.480.